The van der Waals surface area contributed by atoms with Gasteiger partial charge >= 0.3 is 6.03 Å². The van der Waals surface area contributed by atoms with Crippen molar-refractivity contribution in [2.45, 2.75) is 25.4 Å². The van der Waals surface area contributed by atoms with Crippen LogP contribution in [-0.2, 0) is 13.0 Å². The number of amides is 2. The molecular weight excluding hydrogens is 300 g/mol. The number of nitrogens with zero attached hydrogens (tertiary/aromatic N) is 4. The molecule has 0 saturated carbocycles. The standard InChI is InChI=1S/C14H14N6OS/c21-14(18-9-1-3-12-11(5-9)16-8-22-12)19-10-2-4-13-15-7-17-20(13)6-10/h1,3,5,7-8,10H,2,4,6H2,(H2,18,19,21)/t10-/m1/s1. The van der Waals surface area contributed by atoms with E-state index in [4.69, 9.17) is 0 Å². The first-order valence-electron chi connectivity index (χ1n) is 7.05. The third-order valence-corrected chi connectivity index (χ3v) is 4.54. The van der Waals surface area contributed by atoms with E-state index in [9.17, 15) is 4.79 Å². The zero-order valence-electron chi connectivity index (χ0n) is 11.7. The highest BCUT2D eigenvalue weighted by Crippen LogP contribution is 2.21. The van der Waals surface area contributed by atoms with Crippen molar-refractivity contribution in [2.24, 2.45) is 0 Å². The molecule has 7 nitrogen and oxygen atoms in total. The predicted molar refractivity (Wildman–Crippen MR) is 83.9 cm³/mol. The number of benzene rings is 1. The van der Waals surface area contributed by atoms with Crippen LogP contribution in [0.25, 0.3) is 10.2 Å². The highest BCUT2D eigenvalue weighted by Gasteiger charge is 2.21. The first-order chi connectivity index (χ1) is 10.8. The van der Waals surface area contributed by atoms with Crippen molar-refractivity contribution in [2.75, 3.05) is 5.32 Å². The van der Waals surface area contributed by atoms with Crippen LogP contribution in [0.2, 0.25) is 0 Å². The van der Waals surface area contributed by atoms with Gasteiger partial charge in [0.25, 0.3) is 0 Å². The molecule has 2 amide bonds. The van der Waals surface area contributed by atoms with E-state index in [1.807, 2.05) is 22.9 Å². The second kappa shape index (κ2) is 5.38. The summed E-state index contributed by atoms with van der Waals surface area (Å²) in [7, 11) is 0. The molecule has 8 heteroatoms. The first-order valence-corrected chi connectivity index (χ1v) is 7.93. The molecule has 22 heavy (non-hydrogen) atoms. The number of aryl methyl sites for hydroxylation is 1. The van der Waals surface area contributed by atoms with Gasteiger partial charge in [-0.1, -0.05) is 0 Å². The molecule has 112 valence electrons. The average Bonchev–Trinajstić information content (AvgIpc) is 3.14. The Hall–Kier alpha value is -2.48. The first kappa shape index (κ1) is 13.2. The van der Waals surface area contributed by atoms with Crippen LogP contribution in [0.1, 0.15) is 12.2 Å². The minimum absolute atomic E-state index is 0.0669. The molecule has 0 aliphatic carbocycles. The smallest absolute Gasteiger partial charge is 0.319 e. The van der Waals surface area contributed by atoms with E-state index < -0.39 is 0 Å². The normalized spacial score (nSPS) is 17.2. The van der Waals surface area contributed by atoms with Crippen molar-refractivity contribution < 1.29 is 4.79 Å². The number of hydrogen-bond acceptors (Lipinski definition) is 5. The van der Waals surface area contributed by atoms with Crippen LogP contribution in [0.15, 0.2) is 30.0 Å². The van der Waals surface area contributed by atoms with Gasteiger partial charge in [0.15, 0.2) is 0 Å². The molecule has 1 aliphatic rings. The molecule has 3 heterocycles. The Morgan fingerprint density at radius 3 is 3.27 bits per heavy atom. The van der Waals surface area contributed by atoms with Crippen LogP contribution in [0, 0.1) is 0 Å². The maximum absolute atomic E-state index is 12.1. The molecule has 2 N–H and O–H groups in total. The van der Waals surface area contributed by atoms with Gasteiger partial charge in [-0.2, -0.15) is 5.10 Å². The number of carbonyl (C=O) groups excluding carboxylic acids is 1. The van der Waals surface area contributed by atoms with Crippen LogP contribution in [-0.4, -0.2) is 31.8 Å². The Balaban J connectivity index is 1.40. The second-order valence-electron chi connectivity index (χ2n) is 5.23. The van der Waals surface area contributed by atoms with E-state index in [0.29, 0.717) is 6.54 Å². The summed E-state index contributed by atoms with van der Waals surface area (Å²) in [4.78, 5) is 20.5. The van der Waals surface area contributed by atoms with E-state index in [0.717, 1.165) is 34.6 Å². The fourth-order valence-electron chi connectivity index (χ4n) is 2.64. The molecule has 4 rings (SSSR count). The molecule has 3 aromatic rings. The largest absolute Gasteiger partial charge is 0.333 e. The molecule has 0 saturated heterocycles. The van der Waals surface area contributed by atoms with Gasteiger partial charge in [0.2, 0.25) is 0 Å². The lowest BCUT2D eigenvalue weighted by Crippen LogP contribution is -2.43. The number of fused-ring (bicyclic) bond motifs is 2. The molecule has 0 unspecified atom stereocenters. The fraction of sp³-hybridized carbons (Fsp3) is 0.286. The van der Waals surface area contributed by atoms with Crippen LogP contribution in [0.3, 0.4) is 0 Å². The van der Waals surface area contributed by atoms with Crippen molar-refractivity contribution in [1.29, 1.82) is 0 Å². The monoisotopic (exact) mass is 314 g/mol. The Bertz CT molecular complexity index is 825. The fourth-order valence-corrected chi connectivity index (χ4v) is 3.30. The van der Waals surface area contributed by atoms with Crippen molar-refractivity contribution in [3.63, 3.8) is 0 Å². The summed E-state index contributed by atoms with van der Waals surface area (Å²) in [5.74, 6) is 0.979. The Morgan fingerprint density at radius 1 is 1.36 bits per heavy atom. The Morgan fingerprint density at radius 2 is 2.32 bits per heavy atom. The third kappa shape index (κ3) is 2.52. The van der Waals surface area contributed by atoms with Gasteiger partial charge in [0.1, 0.15) is 12.2 Å². The zero-order chi connectivity index (χ0) is 14.9. The number of anilines is 1. The lowest BCUT2D eigenvalue weighted by molar-refractivity contribution is 0.243. The summed E-state index contributed by atoms with van der Waals surface area (Å²) in [5, 5.41) is 9.99. The van der Waals surface area contributed by atoms with Crippen molar-refractivity contribution in [3.8, 4) is 0 Å². The molecular formula is C14H14N6OS. The summed E-state index contributed by atoms with van der Waals surface area (Å²) in [6, 6.07) is 5.59. The molecule has 1 aromatic carbocycles. The SMILES string of the molecule is O=C(Nc1ccc2scnc2c1)N[C@@H]1CCc2ncnn2C1. The van der Waals surface area contributed by atoms with E-state index >= 15 is 0 Å². The quantitative estimate of drug-likeness (QED) is 0.758. The van der Waals surface area contributed by atoms with E-state index in [1.165, 1.54) is 0 Å². The van der Waals surface area contributed by atoms with Crippen LogP contribution in [0.4, 0.5) is 10.5 Å². The summed E-state index contributed by atoms with van der Waals surface area (Å²) in [5.41, 5.74) is 3.44. The highest BCUT2D eigenvalue weighted by atomic mass is 32.1. The number of nitrogens with one attached hydrogen (secondary N) is 2. The van der Waals surface area contributed by atoms with E-state index in [-0.39, 0.29) is 12.1 Å². The topological polar surface area (TPSA) is 84.7 Å². The van der Waals surface area contributed by atoms with E-state index in [2.05, 4.69) is 25.7 Å². The number of hydrogen-bond donors (Lipinski definition) is 2. The van der Waals surface area contributed by atoms with Gasteiger partial charge < -0.3 is 10.6 Å². The second-order valence-corrected chi connectivity index (χ2v) is 6.11. The Kier molecular flexibility index (Phi) is 3.23. The van der Waals surface area contributed by atoms with Gasteiger partial charge in [-0.15, -0.1) is 11.3 Å². The lowest BCUT2D eigenvalue weighted by Gasteiger charge is -2.23. The zero-order valence-corrected chi connectivity index (χ0v) is 12.5. The minimum Gasteiger partial charge on any atom is -0.333 e. The molecule has 1 atom stereocenters. The molecule has 0 fully saturated rings. The number of urea groups is 1. The third-order valence-electron chi connectivity index (χ3n) is 3.73. The van der Waals surface area contributed by atoms with Crippen molar-refractivity contribution >= 4 is 33.3 Å². The van der Waals surface area contributed by atoms with Crippen molar-refractivity contribution in [1.82, 2.24) is 25.1 Å². The van der Waals surface area contributed by atoms with Gasteiger partial charge in [-0.3, -0.25) is 0 Å². The molecule has 1 aliphatic heterocycles. The number of carbonyl (C=O) groups is 1. The van der Waals surface area contributed by atoms with Gasteiger partial charge in [0, 0.05) is 12.1 Å². The summed E-state index contributed by atoms with van der Waals surface area (Å²) in [6.07, 6.45) is 3.26. The number of aromatic nitrogens is 4. The predicted octanol–water partition coefficient (Wildman–Crippen LogP) is 2.02. The molecule has 2 aromatic heterocycles. The van der Waals surface area contributed by atoms with Gasteiger partial charge in [0.05, 0.1) is 28.3 Å². The molecule has 0 bridgehead atoms. The van der Waals surface area contributed by atoms with Crippen LogP contribution < -0.4 is 10.6 Å². The van der Waals surface area contributed by atoms with Crippen LogP contribution >= 0.6 is 11.3 Å². The van der Waals surface area contributed by atoms with Gasteiger partial charge in [-0.05, 0) is 24.6 Å². The van der Waals surface area contributed by atoms with Gasteiger partial charge in [-0.25, -0.2) is 19.4 Å². The summed E-state index contributed by atoms with van der Waals surface area (Å²) >= 11 is 1.58. The highest BCUT2D eigenvalue weighted by molar-refractivity contribution is 7.16. The maximum atomic E-state index is 12.1. The number of rotatable bonds is 2. The number of thiazole rings is 1. The summed E-state index contributed by atoms with van der Waals surface area (Å²) in [6.45, 7) is 0.661. The summed E-state index contributed by atoms with van der Waals surface area (Å²) < 4.78 is 2.95. The van der Waals surface area contributed by atoms with E-state index in [1.54, 1.807) is 23.2 Å². The lowest BCUT2D eigenvalue weighted by atomic mass is 10.1. The Labute approximate surface area is 130 Å². The average molecular weight is 314 g/mol. The maximum Gasteiger partial charge on any atom is 0.319 e. The minimum atomic E-state index is -0.205. The molecule has 0 radical (unpaired) electrons. The molecule has 0 spiro atoms. The van der Waals surface area contributed by atoms with Crippen molar-refractivity contribution in [3.05, 3.63) is 35.9 Å². The van der Waals surface area contributed by atoms with Crippen LogP contribution in [0.5, 0.6) is 0 Å².